The molecule has 0 heterocycles. The zero-order chi connectivity index (χ0) is 13.7. The topological polar surface area (TPSA) is 49.8 Å². The molecule has 1 rings (SSSR count). The first-order valence-corrected chi connectivity index (χ1v) is 6.05. The number of para-hydroxylation sites is 1. The number of hydrogen-bond donors (Lipinski definition) is 1. The number of ether oxygens (including phenoxy) is 1. The van der Waals surface area contributed by atoms with Crippen LogP contribution in [0.2, 0.25) is 0 Å². The Morgan fingerprint density at radius 1 is 1.44 bits per heavy atom. The Morgan fingerprint density at radius 2 is 2.11 bits per heavy atom. The lowest BCUT2D eigenvalue weighted by Crippen LogP contribution is -2.36. The molecule has 1 amide bonds. The van der Waals surface area contributed by atoms with Crippen molar-refractivity contribution >= 4 is 5.91 Å². The van der Waals surface area contributed by atoms with Gasteiger partial charge >= 0.3 is 0 Å². The van der Waals surface area contributed by atoms with E-state index in [1.165, 1.54) is 0 Å². The van der Waals surface area contributed by atoms with Crippen LogP contribution >= 0.6 is 0 Å². The summed E-state index contributed by atoms with van der Waals surface area (Å²) >= 11 is 0. The van der Waals surface area contributed by atoms with Crippen molar-refractivity contribution in [2.45, 2.75) is 33.4 Å². The number of nitrogens with zero attached hydrogens (tertiary/aromatic N) is 1. The lowest BCUT2D eigenvalue weighted by atomic mass is 10.1. The lowest BCUT2D eigenvalue weighted by Gasteiger charge is -2.22. The first-order chi connectivity index (χ1) is 8.47. The van der Waals surface area contributed by atoms with E-state index < -0.39 is 0 Å². The van der Waals surface area contributed by atoms with E-state index in [2.05, 4.69) is 0 Å². The normalized spacial score (nSPS) is 10.6. The van der Waals surface area contributed by atoms with E-state index in [0.717, 1.165) is 5.56 Å². The summed E-state index contributed by atoms with van der Waals surface area (Å²) in [6, 6.07) is 5.69. The van der Waals surface area contributed by atoms with Crippen LogP contribution in [0.25, 0.3) is 0 Å². The van der Waals surface area contributed by atoms with Crippen LogP contribution in [0.4, 0.5) is 0 Å². The fourth-order valence-corrected chi connectivity index (χ4v) is 1.57. The number of amides is 1. The Morgan fingerprint density at radius 3 is 2.67 bits per heavy atom. The van der Waals surface area contributed by atoms with Gasteiger partial charge < -0.3 is 14.7 Å². The molecule has 1 N–H and O–H groups in total. The molecule has 0 unspecified atom stereocenters. The fraction of sp³-hybridized carbons (Fsp3) is 0.500. The van der Waals surface area contributed by atoms with Gasteiger partial charge in [-0.1, -0.05) is 18.2 Å². The van der Waals surface area contributed by atoms with E-state index in [-0.39, 0.29) is 25.2 Å². The molecule has 0 fully saturated rings. The van der Waals surface area contributed by atoms with Crippen molar-refractivity contribution in [1.29, 1.82) is 0 Å². The third kappa shape index (κ3) is 3.47. The number of hydrogen-bond acceptors (Lipinski definition) is 3. The number of carbonyl (C=O) groups is 1. The number of aliphatic hydroxyl groups excluding tert-OH is 1. The second kappa shape index (κ2) is 6.40. The molecule has 4 heteroatoms. The van der Waals surface area contributed by atoms with Gasteiger partial charge in [0.05, 0.1) is 6.61 Å². The third-order valence-corrected chi connectivity index (χ3v) is 2.97. The highest BCUT2D eigenvalue weighted by Crippen LogP contribution is 2.23. The third-order valence-electron chi connectivity index (χ3n) is 2.97. The zero-order valence-corrected chi connectivity index (χ0v) is 11.4. The summed E-state index contributed by atoms with van der Waals surface area (Å²) in [5.74, 6) is 0.530. The first kappa shape index (κ1) is 14.5. The molecule has 1 aromatic rings. The van der Waals surface area contributed by atoms with Crippen molar-refractivity contribution in [3.8, 4) is 5.75 Å². The smallest absolute Gasteiger partial charge is 0.260 e. The van der Waals surface area contributed by atoms with E-state index in [1.54, 1.807) is 18.0 Å². The molecule has 100 valence electrons. The quantitative estimate of drug-likeness (QED) is 0.867. The minimum absolute atomic E-state index is 0.00741. The van der Waals surface area contributed by atoms with Gasteiger partial charge in [-0.2, -0.15) is 0 Å². The maximum absolute atomic E-state index is 11.8. The monoisotopic (exact) mass is 251 g/mol. The van der Waals surface area contributed by atoms with Gasteiger partial charge in [0.25, 0.3) is 5.91 Å². The minimum Gasteiger partial charge on any atom is -0.483 e. The van der Waals surface area contributed by atoms with E-state index in [1.807, 2.05) is 32.9 Å². The average Bonchev–Trinajstić information content (AvgIpc) is 2.35. The molecule has 0 bridgehead atoms. The van der Waals surface area contributed by atoms with E-state index >= 15 is 0 Å². The molecular weight excluding hydrogens is 230 g/mol. The Balaban J connectivity index is 2.72. The highest BCUT2D eigenvalue weighted by molar-refractivity contribution is 5.77. The number of benzene rings is 1. The number of aryl methyl sites for hydroxylation is 1. The SMILES string of the molecule is Cc1cccc(CO)c1OCC(=O)N(C)C(C)C. The maximum Gasteiger partial charge on any atom is 0.260 e. The van der Waals surface area contributed by atoms with E-state index in [0.29, 0.717) is 11.3 Å². The fourth-order valence-electron chi connectivity index (χ4n) is 1.57. The largest absolute Gasteiger partial charge is 0.483 e. The number of rotatable bonds is 5. The molecule has 0 radical (unpaired) electrons. The van der Waals surface area contributed by atoms with Crippen molar-refractivity contribution in [2.75, 3.05) is 13.7 Å². The molecule has 0 aromatic heterocycles. The lowest BCUT2D eigenvalue weighted by molar-refractivity contribution is -0.133. The molecule has 0 aliphatic rings. The minimum atomic E-state index is -0.0920. The van der Waals surface area contributed by atoms with E-state index in [4.69, 9.17) is 4.74 Å². The summed E-state index contributed by atoms with van der Waals surface area (Å²) in [5.41, 5.74) is 1.62. The van der Waals surface area contributed by atoms with Crippen LogP contribution in [0, 0.1) is 6.92 Å². The summed E-state index contributed by atoms with van der Waals surface area (Å²) in [4.78, 5) is 13.4. The van der Waals surface area contributed by atoms with Gasteiger partial charge in [0.2, 0.25) is 0 Å². The second-order valence-corrected chi connectivity index (χ2v) is 4.61. The van der Waals surface area contributed by atoms with Crippen molar-refractivity contribution in [3.63, 3.8) is 0 Å². The van der Waals surface area contributed by atoms with Crippen LogP contribution < -0.4 is 4.74 Å². The Bertz CT molecular complexity index is 416. The molecule has 0 saturated heterocycles. The molecule has 18 heavy (non-hydrogen) atoms. The van der Waals surface area contributed by atoms with Gasteiger partial charge in [0.15, 0.2) is 6.61 Å². The van der Waals surface area contributed by atoms with Gasteiger partial charge in [-0.05, 0) is 26.3 Å². The van der Waals surface area contributed by atoms with Crippen molar-refractivity contribution in [1.82, 2.24) is 4.90 Å². The molecule has 0 atom stereocenters. The molecule has 4 nitrogen and oxygen atoms in total. The zero-order valence-electron chi connectivity index (χ0n) is 11.4. The molecule has 1 aromatic carbocycles. The standard InChI is InChI=1S/C14H21NO3/c1-10(2)15(4)13(17)9-18-14-11(3)6-5-7-12(14)8-16/h5-7,10,16H,8-9H2,1-4H3. The molecule has 0 aliphatic carbocycles. The highest BCUT2D eigenvalue weighted by Gasteiger charge is 2.14. The summed E-state index contributed by atoms with van der Waals surface area (Å²) in [7, 11) is 1.75. The molecule has 0 aliphatic heterocycles. The van der Waals surface area contributed by atoms with Crippen LogP contribution in [-0.4, -0.2) is 35.6 Å². The van der Waals surface area contributed by atoms with Gasteiger partial charge in [0, 0.05) is 18.7 Å². The van der Waals surface area contributed by atoms with Crippen LogP contribution in [0.3, 0.4) is 0 Å². The number of carbonyl (C=O) groups excluding carboxylic acids is 1. The number of aliphatic hydroxyl groups is 1. The van der Waals surface area contributed by atoms with Gasteiger partial charge in [0.1, 0.15) is 5.75 Å². The predicted octanol–water partition coefficient (Wildman–Crippen LogP) is 1.73. The Hall–Kier alpha value is -1.55. The predicted molar refractivity (Wildman–Crippen MR) is 70.5 cm³/mol. The van der Waals surface area contributed by atoms with E-state index in [9.17, 15) is 9.90 Å². The van der Waals surface area contributed by atoms with Crippen LogP contribution in [0.15, 0.2) is 18.2 Å². The molecule has 0 spiro atoms. The van der Waals surface area contributed by atoms with Crippen LogP contribution in [0.1, 0.15) is 25.0 Å². The van der Waals surface area contributed by atoms with Crippen LogP contribution in [-0.2, 0) is 11.4 Å². The van der Waals surface area contributed by atoms with Gasteiger partial charge in [-0.15, -0.1) is 0 Å². The maximum atomic E-state index is 11.8. The van der Waals surface area contributed by atoms with Gasteiger partial charge in [-0.25, -0.2) is 0 Å². The summed E-state index contributed by atoms with van der Waals surface area (Å²) < 4.78 is 5.54. The molecule has 0 saturated carbocycles. The average molecular weight is 251 g/mol. The Kier molecular flexibility index (Phi) is 5.16. The first-order valence-electron chi connectivity index (χ1n) is 6.05. The second-order valence-electron chi connectivity index (χ2n) is 4.61. The summed E-state index contributed by atoms with van der Waals surface area (Å²) in [6.45, 7) is 5.69. The summed E-state index contributed by atoms with van der Waals surface area (Å²) in [6.07, 6.45) is 0. The van der Waals surface area contributed by atoms with Crippen molar-refractivity contribution in [2.24, 2.45) is 0 Å². The van der Waals surface area contributed by atoms with Gasteiger partial charge in [-0.3, -0.25) is 4.79 Å². The number of likely N-dealkylation sites (N-methyl/N-ethyl adjacent to an activating group) is 1. The van der Waals surface area contributed by atoms with Crippen molar-refractivity contribution < 1.29 is 14.6 Å². The van der Waals surface area contributed by atoms with Crippen molar-refractivity contribution in [3.05, 3.63) is 29.3 Å². The van der Waals surface area contributed by atoms with Crippen LogP contribution in [0.5, 0.6) is 5.75 Å². The Labute approximate surface area is 108 Å². The molecular formula is C14H21NO3. The summed E-state index contributed by atoms with van der Waals surface area (Å²) in [5, 5.41) is 9.23. The highest BCUT2D eigenvalue weighted by atomic mass is 16.5.